The second kappa shape index (κ2) is 8.68. The van der Waals surface area contributed by atoms with Crippen LogP contribution >= 0.6 is 11.6 Å². The van der Waals surface area contributed by atoms with Crippen molar-refractivity contribution in [1.82, 2.24) is 15.1 Å². The highest BCUT2D eigenvalue weighted by atomic mass is 35.5. The van der Waals surface area contributed by atoms with Crippen LogP contribution in [0.1, 0.15) is 34.7 Å². The van der Waals surface area contributed by atoms with Crippen molar-refractivity contribution in [3.05, 3.63) is 46.6 Å². The number of hydrogen-bond donors (Lipinski definition) is 2. The summed E-state index contributed by atoms with van der Waals surface area (Å²) in [6, 6.07) is 7.23. The van der Waals surface area contributed by atoms with Gasteiger partial charge < -0.3 is 15.4 Å². The molecule has 0 fully saturated rings. The van der Waals surface area contributed by atoms with Gasteiger partial charge in [-0.15, -0.1) is 0 Å². The first-order chi connectivity index (χ1) is 12.7. The van der Waals surface area contributed by atoms with Crippen LogP contribution in [0.2, 0.25) is 5.02 Å². The molecule has 9 heteroatoms. The van der Waals surface area contributed by atoms with Gasteiger partial charge in [0.2, 0.25) is 0 Å². The zero-order chi connectivity index (χ0) is 20.1. The molecule has 0 spiro atoms. The standard InChI is InChI=1S/C18H21ClN4O4/c1-10(2)15(18(26)27-4)21-17(25)13-9-14(23(3)22-13)20-16(24)11-7-5-6-8-12(11)19/h5-10,15H,1-4H3,(H,20,24)(H,21,25). The Hall–Kier alpha value is -2.87. The van der Waals surface area contributed by atoms with Gasteiger partial charge in [-0.25, -0.2) is 4.79 Å². The highest BCUT2D eigenvalue weighted by Crippen LogP contribution is 2.18. The van der Waals surface area contributed by atoms with E-state index >= 15 is 0 Å². The number of rotatable bonds is 6. The maximum atomic E-state index is 12.4. The molecule has 1 aromatic heterocycles. The van der Waals surface area contributed by atoms with E-state index in [2.05, 4.69) is 15.7 Å². The van der Waals surface area contributed by atoms with Gasteiger partial charge in [0, 0.05) is 13.1 Å². The Morgan fingerprint density at radius 2 is 1.85 bits per heavy atom. The van der Waals surface area contributed by atoms with Gasteiger partial charge in [-0.05, 0) is 18.1 Å². The van der Waals surface area contributed by atoms with Crippen molar-refractivity contribution in [2.75, 3.05) is 12.4 Å². The summed E-state index contributed by atoms with van der Waals surface area (Å²) in [6.07, 6.45) is 0. The maximum Gasteiger partial charge on any atom is 0.328 e. The predicted molar refractivity (Wildman–Crippen MR) is 101 cm³/mol. The molecule has 2 aromatic rings. The topological polar surface area (TPSA) is 102 Å². The third kappa shape index (κ3) is 4.85. The number of anilines is 1. The number of benzene rings is 1. The summed E-state index contributed by atoms with van der Waals surface area (Å²) < 4.78 is 6.06. The molecule has 1 aromatic carbocycles. The van der Waals surface area contributed by atoms with E-state index in [4.69, 9.17) is 16.3 Å². The van der Waals surface area contributed by atoms with E-state index in [1.807, 2.05) is 0 Å². The molecule has 1 heterocycles. The molecule has 0 bridgehead atoms. The monoisotopic (exact) mass is 392 g/mol. The number of aromatic nitrogens is 2. The van der Waals surface area contributed by atoms with Gasteiger partial charge >= 0.3 is 5.97 Å². The fourth-order valence-corrected chi connectivity index (χ4v) is 2.59. The van der Waals surface area contributed by atoms with Crippen molar-refractivity contribution in [3.8, 4) is 0 Å². The molecule has 1 unspecified atom stereocenters. The normalized spacial score (nSPS) is 11.8. The number of halogens is 1. The largest absolute Gasteiger partial charge is 0.467 e. The van der Waals surface area contributed by atoms with Gasteiger partial charge in [0.15, 0.2) is 5.69 Å². The van der Waals surface area contributed by atoms with Crippen LogP contribution in [0.15, 0.2) is 30.3 Å². The Balaban J connectivity index is 2.15. The number of carbonyl (C=O) groups excluding carboxylic acids is 3. The van der Waals surface area contributed by atoms with Gasteiger partial charge in [0.05, 0.1) is 17.7 Å². The van der Waals surface area contributed by atoms with E-state index in [1.165, 1.54) is 17.9 Å². The van der Waals surface area contributed by atoms with Crippen molar-refractivity contribution >= 4 is 35.2 Å². The summed E-state index contributed by atoms with van der Waals surface area (Å²) in [5, 5.41) is 9.65. The molecule has 0 saturated heterocycles. The molecule has 27 heavy (non-hydrogen) atoms. The summed E-state index contributed by atoms with van der Waals surface area (Å²) in [4.78, 5) is 36.6. The fourth-order valence-electron chi connectivity index (χ4n) is 2.36. The maximum absolute atomic E-state index is 12.4. The SMILES string of the molecule is COC(=O)C(NC(=O)c1cc(NC(=O)c2ccccc2Cl)n(C)n1)C(C)C. The molecule has 2 rings (SSSR count). The Labute approximate surface area is 161 Å². The Bertz CT molecular complexity index is 863. The van der Waals surface area contributed by atoms with Gasteiger partial charge in [-0.3, -0.25) is 14.3 Å². The number of esters is 1. The highest BCUT2D eigenvalue weighted by molar-refractivity contribution is 6.34. The van der Waals surface area contributed by atoms with Crippen molar-refractivity contribution in [3.63, 3.8) is 0 Å². The van der Waals surface area contributed by atoms with E-state index in [0.717, 1.165) is 0 Å². The lowest BCUT2D eigenvalue weighted by molar-refractivity contribution is -0.144. The molecule has 144 valence electrons. The van der Waals surface area contributed by atoms with E-state index < -0.39 is 23.8 Å². The summed E-state index contributed by atoms with van der Waals surface area (Å²) in [6.45, 7) is 3.57. The Morgan fingerprint density at radius 3 is 2.44 bits per heavy atom. The molecule has 0 aliphatic heterocycles. The molecule has 1 atom stereocenters. The first-order valence-electron chi connectivity index (χ1n) is 8.23. The van der Waals surface area contributed by atoms with Crippen LogP contribution in [0.3, 0.4) is 0 Å². The molecule has 0 aliphatic carbocycles. The van der Waals surface area contributed by atoms with Gasteiger partial charge in [0.25, 0.3) is 11.8 Å². The average molecular weight is 393 g/mol. The summed E-state index contributed by atoms with van der Waals surface area (Å²) in [7, 11) is 2.84. The van der Waals surface area contributed by atoms with Crippen LogP contribution in [-0.4, -0.2) is 40.7 Å². The highest BCUT2D eigenvalue weighted by Gasteiger charge is 2.26. The third-order valence-electron chi connectivity index (χ3n) is 3.88. The van der Waals surface area contributed by atoms with E-state index in [1.54, 1.807) is 45.2 Å². The fraction of sp³-hybridized carbons (Fsp3) is 0.333. The minimum Gasteiger partial charge on any atom is -0.467 e. The van der Waals surface area contributed by atoms with Crippen LogP contribution in [0.25, 0.3) is 0 Å². The molecule has 0 aliphatic rings. The van der Waals surface area contributed by atoms with Crippen molar-refractivity contribution in [1.29, 1.82) is 0 Å². The lowest BCUT2D eigenvalue weighted by Crippen LogP contribution is -2.45. The zero-order valence-corrected chi connectivity index (χ0v) is 16.2. The summed E-state index contributed by atoms with van der Waals surface area (Å²) in [5.74, 6) is -1.37. The molecular weight excluding hydrogens is 372 g/mol. The van der Waals surface area contributed by atoms with Crippen LogP contribution < -0.4 is 10.6 Å². The quantitative estimate of drug-likeness (QED) is 0.734. The van der Waals surface area contributed by atoms with E-state index in [-0.39, 0.29) is 11.6 Å². The average Bonchev–Trinajstić information content (AvgIpc) is 2.99. The number of hydrogen-bond acceptors (Lipinski definition) is 5. The molecule has 0 saturated carbocycles. The lowest BCUT2D eigenvalue weighted by Gasteiger charge is -2.19. The first kappa shape index (κ1) is 20.4. The minimum absolute atomic E-state index is 0.0570. The Kier molecular flexibility index (Phi) is 6.57. The van der Waals surface area contributed by atoms with Crippen LogP contribution in [0.4, 0.5) is 5.82 Å². The summed E-state index contributed by atoms with van der Waals surface area (Å²) >= 11 is 6.02. The predicted octanol–water partition coefficient (Wildman–Crippen LogP) is 2.25. The number of carbonyl (C=O) groups is 3. The van der Waals surface area contributed by atoms with Crippen LogP contribution in [-0.2, 0) is 16.6 Å². The van der Waals surface area contributed by atoms with Crippen LogP contribution in [0, 0.1) is 5.92 Å². The molecule has 8 nitrogen and oxygen atoms in total. The third-order valence-corrected chi connectivity index (χ3v) is 4.21. The number of methoxy groups -OCH3 is 1. The number of amides is 2. The van der Waals surface area contributed by atoms with Crippen LogP contribution in [0.5, 0.6) is 0 Å². The Morgan fingerprint density at radius 1 is 1.19 bits per heavy atom. The van der Waals surface area contributed by atoms with Crippen molar-refractivity contribution in [2.24, 2.45) is 13.0 Å². The molecular formula is C18H21ClN4O4. The van der Waals surface area contributed by atoms with Crippen molar-refractivity contribution in [2.45, 2.75) is 19.9 Å². The second-order valence-electron chi connectivity index (χ2n) is 6.19. The molecule has 2 N–H and O–H groups in total. The number of ether oxygens (including phenoxy) is 1. The van der Waals surface area contributed by atoms with E-state index in [0.29, 0.717) is 16.4 Å². The smallest absolute Gasteiger partial charge is 0.328 e. The van der Waals surface area contributed by atoms with Gasteiger partial charge in [0.1, 0.15) is 11.9 Å². The first-order valence-corrected chi connectivity index (χ1v) is 8.61. The second-order valence-corrected chi connectivity index (χ2v) is 6.60. The number of aryl methyl sites for hydroxylation is 1. The number of nitrogens with one attached hydrogen (secondary N) is 2. The van der Waals surface area contributed by atoms with E-state index in [9.17, 15) is 14.4 Å². The number of nitrogens with zero attached hydrogens (tertiary/aromatic N) is 2. The van der Waals surface area contributed by atoms with Gasteiger partial charge in [-0.1, -0.05) is 37.6 Å². The lowest BCUT2D eigenvalue weighted by atomic mass is 10.0. The minimum atomic E-state index is -0.800. The molecule has 0 radical (unpaired) electrons. The van der Waals surface area contributed by atoms with Gasteiger partial charge in [-0.2, -0.15) is 5.10 Å². The van der Waals surface area contributed by atoms with Crippen molar-refractivity contribution < 1.29 is 19.1 Å². The zero-order valence-electron chi connectivity index (χ0n) is 15.4. The summed E-state index contributed by atoms with van der Waals surface area (Å²) in [5.41, 5.74) is 0.360. The molecule has 2 amide bonds.